The normalized spacial score (nSPS) is 11.2. The number of benzene rings is 3. The fraction of sp³-hybridized carbons (Fsp3) is 0.185. The van der Waals surface area contributed by atoms with Crippen LogP contribution in [-0.2, 0) is 4.79 Å². The van der Waals surface area contributed by atoms with E-state index in [2.05, 4.69) is 20.7 Å². The van der Waals surface area contributed by atoms with Gasteiger partial charge in [-0.25, -0.2) is 5.43 Å². The zero-order valence-electron chi connectivity index (χ0n) is 22.2. The van der Waals surface area contributed by atoms with Gasteiger partial charge in [-0.05, 0) is 48.9 Å². The second-order valence-electron chi connectivity index (χ2n) is 8.22. The molecule has 1 aromatic heterocycles. The number of nitro benzene ring substituents is 1. The van der Waals surface area contributed by atoms with Gasteiger partial charge in [0.2, 0.25) is 5.75 Å². The maximum Gasteiger partial charge on any atom is 0.269 e. The Morgan fingerprint density at radius 1 is 1.00 bits per heavy atom. The molecule has 4 aromatic rings. The number of para-hydroxylation sites is 1. The number of hydrazone groups is 1. The van der Waals surface area contributed by atoms with Crippen LogP contribution in [0.2, 0.25) is 0 Å². The molecule has 0 fully saturated rings. The van der Waals surface area contributed by atoms with Crippen molar-refractivity contribution >= 4 is 29.1 Å². The van der Waals surface area contributed by atoms with Gasteiger partial charge in [0.05, 0.1) is 37.7 Å². The molecule has 12 nitrogen and oxygen atoms in total. The quantitative estimate of drug-likeness (QED) is 0.121. The van der Waals surface area contributed by atoms with Crippen molar-refractivity contribution < 1.29 is 23.9 Å². The Bertz CT molecular complexity index is 1510. The van der Waals surface area contributed by atoms with E-state index in [1.165, 1.54) is 45.2 Å². The number of nitrogens with one attached hydrogen (secondary N) is 1. The number of aromatic nitrogens is 3. The number of nitrogens with zero attached hydrogens (tertiary/aromatic N) is 5. The molecule has 13 heteroatoms. The van der Waals surface area contributed by atoms with Crippen LogP contribution in [-0.4, -0.2) is 58.4 Å². The smallest absolute Gasteiger partial charge is 0.269 e. The van der Waals surface area contributed by atoms with Crippen LogP contribution in [0, 0.1) is 10.1 Å². The largest absolute Gasteiger partial charge is 0.493 e. The Morgan fingerprint density at radius 3 is 2.23 bits per heavy atom. The summed E-state index contributed by atoms with van der Waals surface area (Å²) in [5, 5.41) is 24.2. The van der Waals surface area contributed by atoms with Crippen LogP contribution in [0.1, 0.15) is 12.5 Å². The van der Waals surface area contributed by atoms with Crippen LogP contribution >= 0.6 is 11.8 Å². The fourth-order valence-corrected chi connectivity index (χ4v) is 4.51. The highest BCUT2D eigenvalue weighted by Crippen LogP contribution is 2.41. The molecule has 0 atom stereocenters. The number of non-ortho nitro benzene ring substituents is 1. The maximum absolute atomic E-state index is 12.6. The average Bonchev–Trinajstić information content (AvgIpc) is 3.42. The molecular weight excluding hydrogens is 536 g/mol. The van der Waals surface area contributed by atoms with Crippen LogP contribution in [0.5, 0.6) is 17.2 Å². The average molecular weight is 563 g/mol. The molecular formula is C27H26N6O6S. The van der Waals surface area contributed by atoms with Gasteiger partial charge in [0.25, 0.3) is 11.6 Å². The van der Waals surface area contributed by atoms with Gasteiger partial charge < -0.3 is 14.2 Å². The van der Waals surface area contributed by atoms with Crippen molar-refractivity contribution in [2.45, 2.75) is 12.1 Å². The van der Waals surface area contributed by atoms with Gasteiger partial charge in [0.1, 0.15) is 0 Å². The van der Waals surface area contributed by atoms with Crippen molar-refractivity contribution in [3.8, 4) is 34.3 Å². The zero-order valence-corrected chi connectivity index (χ0v) is 23.0. The summed E-state index contributed by atoms with van der Waals surface area (Å²) in [7, 11) is 4.60. The third-order valence-corrected chi connectivity index (χ3v) is 6.68. The first-order valence-electron chi connectivity index (χ1n) is 11.9. The number of rotatable bonds is 11. The molecule has 0 bridgehead atoms. The first kappa shape index (κ1) is 28.1. The number of thioether (sulfide) groups is 1. The Balaban J connectivity index is 1.57. The molecule has 0 unspecified atom stereocenters. The lowest BCUT2D eigenvalue weighted by molar-refractivity contribution is -0.384. The van der Waals surface area contributed by atoms with Crippen LogP contribution in [0.4, 0.5) is 5.69 Å². The van der Waals surface area contributed by atoms with Crippen molar-refractivity contribution in [3.63, 3.8) is 0 Å². The molecule has 3 aromatic carbocycles. The predicted molar refractivity (Wildman–Crippen MR) is 151 cm³/mol. The summed E-state index contributed by atoms with van der Waals surface area (Å²) < 4.78 is 18.3. The van der Waals surface area contributed by atoms with E-state index in [4.69, 9.17) is 14.2 Å². The molecule has 40 heavy (non-hydrogen) atoms. The molecule has 0 saturated carbocycles. The minimum atomic E-state index is -0.476. The second kappa shape index (κ2) is 12.8. The second-order valence-corrected chi connectivity index (χ2v) is 9.16. The van der Waals surface area contributed by atoms with Crippen LogP contribution < -0.4 is 19.6 Å². The number of amides is 1. The summed E-state index contributed by atoms with van der Waals surface area (Å²) in [4.78, 5) is 23.0. The summed E-state index contributed by atoms with van der Waals surface area (Å²) in [6.45, 7) is 1.70. The van der Waals surface area contributed by atoms with E-state index in [-0.39, 0.29) is 17.3 Å². The Labute approximate surface area is 234 Å². The molecule has 0 saturated heterocycles. The minimum absolute atomic E-state index is 0.0112. The van der Waals surface area contributed by atoms with Crippen molar-refractivity contribution in [1.82, 2.24) is 20.2 Å². The lowest BCUT2D eigenvalue weighted by Gasteiger charge is -2.15. The van der Waals surface area contributed by atoms with Crippen molar-refractivity contribution in [2.75, 3.05) is 27.1 Å². The number of nitro groups is 1. The highest BCUT2D eigenvalue weighted by Gasteiger charge is 2.21. The van der Waals surface area contributed by atoms with Crippen LogP contribution in [0.3, 0.4) is 0 Å². The van der Waals surface area contributed by atoms with E-state index in [1.807, 2.05) is 34.9 Å². The maximum atomic E-state index is 12.6. The third-order valence-electron chi connectivity index (χ3n) is 5.75. The molecule has 4 rings (SSSR count). The van der Waals surface area contributed by atoms with Crippen molar-refractivity contribution in [2.24, 2.45) is 5.10 Å². The molecule has 1 heterocycles. The fourth-order valence-electron chi connectivity index (χ4n) is 3.77. The highest BCUT2D eigenvalue weighted by atomic mass is 32.2. The van der Waals surface area contributed by atoms with E-state index in [9.17, 15) is 14.9 Å². The van der Waals surface area contributed by atoms with Crippen molar-refractivity contribution in [1.29, 1.82) is 0 Å². The standard InChI is InChI=1S/C27H26N6O6S/c1-17(18-10-12-21(13-11-18)33(35)36)28-29-24(34)16-40-27-31-30-26(32(27)20-8-6-5-7-9-20)19-14-22(37-2)25(39-4)23(15-19)38-3/h5-15H,16H2,1-4H3,(H,29,34). The van der Waals surface area contributed by atoms with E-state index in [0.717, 1.165) is 5.69 Å². The van der Waals surface area contributed by atoms with Gasteiger partial charge in [-0.3, -0.25) is 19.5 Å². The van der Waals surface area contributed by atoms with Crippen molar-refractivity contribution in [3.05, 3.63) is 82.4 Å². The van der Waals surface area contributed by atoms with Gasteiger partial charge in [0, 0.05) is 23.4 Å². The van der Waals surface area contributed by atoms with Gasteiger partial charge in [-0.2, -0.15) is 5.10 Å². The van der Waals surface area contributed by atoms with Crippen LogP contribution in [0.15, 0.2) is 77.0 Å². The Morgan fingerprint density at radius 2 is 1.65 bits per heavy atom. The lowest BCUT2D eigenvalue weighted by atomic mass is 10.1. The van der Waals surface area contributed by atoms with E-state index in [0.29, 0.717) is 45.1 Å². The SMILES string of the molecule is COc1cc(-c2nnc(SCC(=O)NN=C(C)c3ccc([N+](=O)[O-])cc3)n2-c2ccccc2)cc(OC)c1OC. The van der Waals surface area contributed by atoms with Gasteiger partial charge in [-0.15, -0.1) is 10.2 Å². The van der Waals surface area contributed by atoms with Gasteiger partial charge in [0.15, 0.2) is 22.5 Å². The van der Waals surface area contributed by atoms with Crippen LogP contribution in [0.25, 0.3) is 17.1 Å². The van der Waals surface area contributed by atoms with E-state index >= 15 is 0 Å². The van der Waals surface area contributed by atoms with E-state index < -0.39 is 4.92 Å². The molecule has 0 aliphatic heterocycles. The summed E-state index contributed by atoms with van der Waals surface area (Å²) in [5.41, 5.74) is 5.12. The number of methoxy groups -OCH3 is 3. The summed E-state index contributed by atoms with van der Waals surface area (Å²) in [6, 6.07) is 19.0. The Hall–Kier alpha value is -4.91. The number of carbonyl (C=O) groups excluding carboxylic acids is 1. The molecule has 0 radical (unpaired) electrons. The lowest BCUT2D eigenvalue weighted by Crippen LogP contribution is -2.21. The highest BCUT2D eigenvalue weighted by molar-refractivity contribution is 7.99. The molecule has 0 spiro atoms. The summed E-state index contributed by atoms with van der Waals surface area (Å²) >= 11 is 1.19. The van der Waals surface area contributed by atoms with E-state index in [1.54, 1.807) is 31.2 Å². The number of carbonyl (C=O) groups is 1. The zero-order chi connectivity index (χ0) is 28.6. The number of hydrogen-bond donors (Lipinski definition) is 1. The number of hydrogen-bond acceptors (Lipinski definition) is 10. The number of ether oxygens (including phenoxy) is 3. The molecule has 1 N–H and O–H groups in total. The predicted octanol–water partition coefficient (Wildman–Crippen LogP) is 4.50. The monoisotopic (exact) mass is 562 g/mol. The molecule has 0 aliphatic rings. The summed E-state index contributed by atoms with van der Waals surface area (Å²) in [6.07, 6.45) is 0. The third kappa shape index (κ3) is 6.21. The molecule has 1 amide bonds. The summed E-state index contributed by atoms with van der Waals surface area (Å²) in [5.74, 6) is 1.56. The topological polar surface area (TPSA) is 143 Å². The van der Waals surface area contributed by atoms with Gasteiger partial charge in [-0.1, -0.05) is 30.0 Å². The first-order valence-corrected chi connectivity index (χ1v) is 12.9. The first-order chi connectivity index (χ1) is 19.4. The van der Waals surface area contributed by atoms with Gasteiger partial charge >= 0.3 is 0 Å². The molecule has 0 aliphatic carbocycles. The minimum Gasteiger partial charge on any atom is -0.493 e. The Kier molecular flexibility index (Phi) is 8.96. The molecule has 206 valence electrons.